The largest absolute Gasteiger partial charge is 0.490 e. The minimum Gasteiger partial charge on any atom is -0.490 e. The first-order valence-corrected chi connectivity index (χ1v) is 17.1. The van der Waals surface area contributed by atoms with E-state index < -0.39 is 30.3 Å². The number of aliphatic hydroxyl groups is 3. The van der Waals surface area contributed by atoms with Crippen molar-refractivity contribution in [2.45, 2.75) is 47.6 Å². The van der Waals surface area contributed by atoms with Crippen molar-refractivity contribution >= 4 is 47.2 Å². The van der Waals surface area contributed by atoms with Crippen molar-refractivity contribution in [3.05, 3.63) is 78.9 Å². The third-order valence-electron chi connectivity index (χ3n) is 5.70. The van der Waals surface area contributed by atoms with Gasteiger partial charge in [0.2, 0.25) is 0 Å². The van der Waals surface area contributed by atoms with Crippen LogP contribution >= 0.6 is 35.3 Å². The standard InChI is InChI=1S/C32H37N3O8S3/c1-20(2)28(39)42-15-24(37)18-45-31-33-30(34-32(35-31)46-19-25(38)16-43-29(40)21(3)4)44-17-23(36)14-41-27-13-9-8-12-26(27)22-10-6-5-7-11-22/h5-13,23-25,36-38H,1,3,14-19H2,2,4H3. The molecule has 0 saturated carbocycles. The second-order valence-electron chi connectivity index (χ2n) is 10.0. The van der Waals surface area contributed by atoms with Crippen LogP contribution in [0.15, 0.2) is 94.4 Å². The SMILES string of the molecule is C=C(C)C(=O)OCC(O)CSc1nc(SCC(O)COC(=O)C(=C)C)nc(SCC(O)COc2ccccc2-c2ccccc2)n1. The Bertz CT molecular complexity index is 1420. The van der Waals surface area contributed by atoms with Gasteiger partial charge in [0.15, 0.2) is 15.5 Å². The van der Waals surface area contributed by atoms with Crippen LogP contribution in [-0.4, -0.2) is 97.6 Å². The lowest BCUT2D eigenvalue weighted by Gasteiger charge is -2.15. The fraction of sp³-hybridized carbons (Fsp3) is 0.344. The summed E-state index contributed by atoms with van der Waals surface area (Å²) in [5, 5.41) is 32.2. The van der Waals surface area contributed by atoms with Gasteiger partial charge in [-0.05, 0) is 25.5 Å². The highest BCUT2D eigenvalue weighted by Gasteiger charge is 2.17. The van der Waals surface area contributed by atoms with E-state index in [4.69, 9.17) is 14.2 Å². The molecular weight excluding hydrogens is 651 g/mol. The first-order chi connectivity index (χ1) is 22.0. The lowest BCUT2D eigenvalue weighted by Crippen LogP contribution is -2.22. The molecule has 0 saturated heterocycles. The summed E-state index contributed by atoms with van der Waals surface area (Å²) >= 11 is 3.45. The Kier molecular flexibility index (Phi) is 15.6. The maximum atomic E-state index is 11.6. The molecule has 0 fully saturated rings. The molecule has 3 rings (SSSR count). The Morgan fingerprint density at radius 3 is 1.54 bits per heavy atom. The number of thioether (sulfide) groups is 3. The van der Waals surface area contributed by atoms with E-state index in [1.54, 1.807) is 0 Å². The van der Waals surface area contributed by atoms with Crippen LogP contribution in [0.25, 0.3) is 11.1 Å². The molecule has 0 bridgehead atoms. The number of aliphatic hydroxyl groups excluding tert-OH is 3. The first-order valence-electron chi connectivity index (χ1n) is 14.1. The summed E-state index contributed by atoms with van der Waals surface area (Å²) in [6.45, 7) is 9.65. The van der Waals surface area contributed by atoms with Crippen molar-refractivity contribution in [1.29, 1.82) is 0 Å². The highest BCUT2D eigenvalue weighted by atomic mass is 32.2. The van der Waals surface area contributed by atoms with Crippen LogP contribution in [0.5, 0.6) is 5.75 Å². The average Bonchev–Trinajstić information content (AvgIpc) is 3.06. The number of esters is 2. The number of para-hydroxylation sites is 1. The molecule has 2 aromatic carbocycles. The molecule has 0 aliphatic rings. The minimum atomic E-state index is -0.986. The molecule has 46 heavy (non-hydrogen) atoms. The Hall–Kier alpha value is -3.40. The van der Waals surface area contributed by atoms with Crippen LogP contribution in [0.3, 0.4) is 0 Å². The van der Waals surface area contributed by atoms with Gasteiger partial charge in [0, 0.05) is 34.0 Å². The number of hydrogen-bond donors (Lipinski definition) is 3. The molecule has 0 aliphatic heterocycles. The molecule has 3 atom stereocenters. The quantitative estimate of drug-likeness (QED) is 0.0934. The van der Waals surface area contributed by atoms with Gasteiger partial charge in [-0.25, -0.2) is 9.59 Å². The van der Waals surface area contributed by atoms with Crippen molar-refractivity contribution in [2.75, 3.05) is 37.1 Å². The maximum absolute atomic E-state index is 11.6. The van der Waals surface area contributed by atoms with Crippen molar-refractivity contribution in [3.63, 3.8) is 0 Å². The fourth-order valence-corrected chi connectivity index (χ4v) is 5.79. The van der Waals surface area contributed by atoms with Crippen molar-refractivity contribution in [2.24, 2.45) is 0 Å². The van der Waals surface area contributed by atoms with Crippen LogP contribution in [0.2, 0.25) is 0 Å². The van der Waals surface area contributed by atoms with E-state index in [1.165, 1.54) is 25.6 Å². The van der Waals surface area contributed by atoms with E-state index in [0.717, 1.165) is 34.7 Å². The summed E-state index contributed by atoms with van der Waals surface area (Å²) < 4.78 is 16.0. The first kappa shape index (κ1) is 37.1. The monoisotopic (exact) mass is 687 g/mol. The van der Waals surface area contributed by atoms with Gasteiger partial charge in [-0.15, -0.1) is 0 Å². The van der Waals surface area contributed by atoms with Gasteiger partial charge in [-0.2, -0.15) is 15.0 Å². The molecule has 3 N–H and O–H groups in total. The molecule has 246 valence electrons. The van der Waals surface area contributed by atoms with Gasteiger partial charge in [-0.1, -0.05) is 97.0 Å². The molecule has 14 heteroatoms. The number of benzene rings is 2. The normalized spacial score (nSPS) is 12.9. The summed E-state index contributed by atoms with van der Waals surface area (Å²) in [6, 6.07) is 17.4. The third kappa shape index (κ3) is 13.1. The molecule has 0 aliphatic carbocycles. The number of aromatic nitrogens is 3. The van der Waals surface area contributed by atoms with E-state index >= 15 is 0 Å². The lowest BCUT2D eigenvalue weighted by molar-refractivity contribution is -0.142. The van der Waals surface area contributed by atoms with Crippen LogP contribution in [0.1, 0.15) is 13.8 Å². The Balaban J connectivity index is 1.62. The molecule has 3 unspecified atom stereocenters. The number of carbonyl (C=O) groups is 2. The van der Waals surface area contributed by atoms with Crippen LogP contribution in [0, 0.1) is 0 Å². The number of hydrogen-bond acceptors (Lipinski definition) is 14. The number of carbonyl (C=O) groups excluding carboxylic acids is 2. The van der Waals surface area contributed by atoms with E-state index in [2.05, 4.69) is 28.1 Å². The van der Waals surface area contributed by atoms with Gasteiger partial charge < -0.3 is 29.5 Å². The van der Waals surface area contributed by atoms with Gasteiger partial charge >= 0.3 is 11.9 Å². The second-order valence-corrected chi connectivity index (χ2v) is 13.0. The molecule has 3 aromatic rings. The number of rotatable bonds is 19. The van der Waals surface area contributed by atoms with Crippen LogP contribution in [-0.2, 0) is 19.1 Å². The third-order valence-corrected chi connectivity index (χ3v) is 8.68. The molecule has 1 aromatic heterocycles. The summed E-state index contributed by atoms with van der Waals surface area (Å²) in [5.74, 6) is -0.0858. The topological polar surface area (TPSA) is 161 Å². The number of nitrogens with zero attached hydrogens (tertiary/aromatic N) is 3. The van der Waals surface area contributed by atoms with Gasteiger partial charge in [-0.3, -0.25) is 0 Å². The highest BCUT2D eigenvalue weighted by Crippen LogP contribution is 2.30. The molecule has 11 nitrogen and oxygen atoms in total. The lowest BCUT2D eigenvalue weighted by atomic mass is 10.1. The maximum Gasteiger partial charge on any atom is 0.333 e. The molecule has 0 amide bonds. The Morgan fingerprint density at radius 1 is 0.674 bits per heavy atom. The second kappa shape index (κ2) is 19.3. The van der Waals surface area contributed by atoms with Crippen molar-refractivity contribution in [1.82, 2.24) is 15.0 Å². The molecule has 0 radical (unpaired) electrons. The zero-order chi connectivity index (χ0) is 33.5. The zero-order valence-corrected chi connectivity index (χ0v) is 28.0. The highest BCUT2D eigenvalue weighted by molar-refractivity contribution is 8.00. The summed E-state index contributed by atoms with van der Waals surface area (Å²) in [6.07, 6.45) is -2.83. The van der Waals surface area contributed by atoms with Gasteiger partial charge in [0.05, 0.1) is 18.3 Å². The molecule has 0 spiro atoms. The van der Waals surface area contributed by atoms with E-state index in [9.17, 15) is 24.9 Å². The van der Waals surface area contributed by atoms with E-state index in [0.29, 0.717) is 10.9 Å². The number of ether oxygens (including phenoxy) is 3. The smallest absolute Gasteiger partial charge is 0.333 e. The van der Waals surface area contributed by atoms with Crippen molar-refractivity contribution < 1.29 is 39.1 Å². The average molecular weight is 688 g/mol. The molecule has 1 heterocycles. The van der Waals surface area contributed by atoms with E-state index in [1.807, 2.05) is 54.6 Å². The fourth-order valence-electron chi connectivity index (χ4n) is 3.40. The van der Waals surface area contributed by atoms with Crippen LogP contribution < -0.4 is 4.74 Å². The Labute approximate surface area is 280 Å². The predicted molar refractivity (Wildman–Crippen MR) is 179 cm³/mol. The van der Waals surface area contributed by atoms with Gasteiger partial charge in [0.1, 0.15) is 25.6 Å². The minimum absolute atomic E-state index is 0.0370. The Morgan fingerprint density at radius 2 is 1.09 bits per heavy atom. The van der Waals surface area contributed by atoms with E-state index in [-0.39, 0.29) is 58.5 Å². The summed E-state index contributed by atoms with van der Waals surface area (Å²) in [7, 11) is 0. The van der Waals surface area contributed by atoms with Crippen molar-refractivity contribution in [3.8, 4) is 16.9 Å². The zero-order valence-electron chi connectivity index (χ0n) is 25.5. The predicted octanol–water partition coefficient (Wildman–Crippen LogP) is 4.22. The molecular formula is C32H37N3O8S3. The van der Waals surface area contributed by atoms with Crippen LogP contribution in [0.4, 0.5) is 0 Å². The summed E-state index contributed by atoms with van der Waals surface area (Å²) in [4.78, 5) is 36.6. The summed E-state index contributed by atoms with van der Waals surface area (Å²) in [5.41, 5.74) is 2.37. The van der Waals surface area contributed by atoms with Gasteiger partial charge in [0.25, 0.3) is 0 Å².